The predicted molar refractivity (Wildman–Crippen MR) is 113 cm³/mol. The van der Waals surface area contributed by atoms with Gasteiger partial charge in [0, 0.05) is 19.5 Å². The van der Waals surface area contributed by atoms with Gasteiger partial charge in [-0.15, -0.1) is 11.3 Å². The van der Waals surface area contributed by atoms with Gasteiger partial charge >= 0.3 is 0 Å². The molecule has 1 aliphatic heterocycles. The molecular weight excluding hydrogens is 370 g/mol. The van der Waals surface area contributed by atoms with E-state index in [0.29, 0.717) is 19.5 Å². The number of amides is 2. The number of hydrogen-bond donors (Lipinski definition) is 1. The Kier molecular flexibility index (Phi) is 6.18. The second-order valence-electron chi connectivity index (χ2n) is 8.66. The van der Waals surface area contributed by atoms with Gasteiger partial charge < -0.3 is 10.2 Å². The van der Waals surface area contributed by atoms with Crippen molar-refractivity contribution in [2.75, 3.05) is 6.54 Å². The second kappa shape index (κ2) is 8.43. The molecule has 1 atom stereocenters. The molecule has 2 heterocycles. The Morgan fingerprint density at radius 3 is 2.57 bits per heavy atom. The molecule has 1 aromatic heterocycles. The number of aromatic nitrogens is 1. The second-order valence-corrected chi connectivity index (χ2v) is 9.52. The molecule has 0 radical (unpaired) electrons. The molecule has 1 fully saturated rings. The van der Waals surface area contributed by atoms with Crippen molar-refractivity contribution in [2.45, 2.75) is 59.5 Å². The summed E-state index contributed by atoms with van der Waals surface area (Å²) in [5.41, 5.74) is 5.01. The van der Waals surface area contributed by atoms with Crippen molar-refractivity contribution in [3.63, 3.8) is 0 Å². The molecule has 0 unspecified atom stereocenters. The van der Waals surface area contributed by atoms with Crippen molar-refractivity contribution in [3.05, 3.63) is 41.0 Å². The Morgan fingerprint density at radius 1 is 1.25 bits per heavy atom. The van der Waals surface area contributed by atoms with E-state index in [-0.39, 0.29) is 23.3 Å². The van der Waals surface area contributed by atoms with Crippen LogP contribution in [0.25, 0.3) is 10.4 Å². The van der Waals surface area contributed by atoms with E-state index in [1.165, 1.54) is 4.88 Å². The van der Waals surface area contributed by atoms with Gasteiger partial charge in [0.15, 0.2) is 0 Å². The molecule has 2 amide bonds. The first-order chi connectivity index (χ1) is 13.2. The lowest BCUT2D eigenvalue weighted by atomic mass is 9.91. The summed E-state index contributed by atoms with van der Waals surface area (Å²) in [4.78, 5) is 32.5. The minimum atomic E-state index is -0.339. The zero-order valence-electron chi connectivity index (χ0n) is 17.1. The fraction of sp³-hybridized carbons (Fsp3) is 0.500. The lowest BCUT2D eigenvalue weighted by Gasteiger charge is -2.27. The first kappa shape index (κ1) is 20.5. The SMILES string of the molecule is Cc1ncsc1-c1ccc(CNC(=O)[C@@H]2CCCN2C(=O)CC(C)(C)C)cc1. The molecule has 1 N–H and O–H groups in total. The van der Waals surface area contributed by atoms with E-state index in [1.54, 1.807) is 16.2 Å². The van der Waals surface area contributed by atoms with Crippen LogP contribution in [0, 0.1) is 12.3 Å². The van der Waals surface area contributed by atoms with Crippen LogP contribution in [0.3, 0.4) is 0 Å². The summed E-state index contributed by atoms with van der Waals surface area (Å²) in [6.07, 6.45) is 2.09. The molecule has 28 heavy (non-hydrogen) atoms. The third-order valence-corrected chi connectivity index (χ3v) is 5.96. The maximum Gasteiger partial charge on any atom is 0.243 e. The Balaban J connectivity index is 1.57. The molecule has 1 saturated heterocycles. The summed E-state index contributed by atoms with van der Waals surface area (Å²) < 4.78 is 0. The minimum Gasteiger partial charge on any atom is -0.350 e. The normalized spacial score (nSPS) is 17.0. The predicted octanol–water partition coefficient (Wildman–Crippen LogP) is 4.16. The molecule has 0 bridgehead atoms. The number of likely N-dealkylation sites (tertiary alicyclic amines) is 1. The van der Waals surface area contributed by atoms with Crippen molar-refractivity contribution in [1.82, 2.24) is 15.2 Å². The Morgan fingerprint density at radius 2 is 1.96 bits per heavy atom. The first-order valence-corrected chi connectivity index (χ1v) is 10.7. The summed E-state index contributed by atoms with van der Waals surface area (Å²) in [5, 5.41) is 3.01. The van der Waals surface area contributed by atoms with Crippen LogP contribution in [0.5, 0.6) is 0 Å². The summed E-state index contributed by atoms with van der Waals surface area (Å²) in [6.45, 7) is 9.30. The molecule has 5 nitrogen and oxygen atoms in total. The van der Waals surface area contributed by atoms with Crippen molar-refractivity contribution in [3.8, 4) is 10.4 Å². The highest BCUT2D eigenvalue weighted by Gasteiger charge is 2.35. The van der Waals surface area contributed by atoms with Crippen LogP contribution in [-0.2, 0) is 16.1 Å². The summed E-state index contributed by atoms with van der Waals surface area (Å²) in [5.74, 6) is 0.0246. The number of benzene rings is 1. The van der Waals surface area contributed by atoms with Gasteiger partial charge in [-0.3, -0.25) is 9.59 Å². The maximum atomic E-state index is 12.7. The van der Waals surface area contributed by atoms with Gasteiger partial charge in [0.1, 0.15) is 6.04 Å². The van der Waals surface area contributed by atoms with Gasteiger partial charge in [-0.1, -0.05) is 45.0 Å². The molecule has 3 rings (SSSR count). The number of thiazole rings is 1. The zero-order valence-corrected chi connectivity index (χ0v) is 17.9. The van der Waals surface area contributed by atoms with Crippen LogP contribution < -0.4 is 5.32 Å². The smallest absolute Gasteiger partial charge is 0.243 e. The number of aryl methyl sites for hydroxylation is 1. The van der Waals surface area contributed by atoms with E-state index in [0.717, 1.165) is 29.7 Å². The number of nitrogens with zero attached hydrogens (tertiary/aromatic N) is 2. The van der Waals surface area contributed by atoms with Gasteiger partial charge in [-0.25, -0.2) is 4.98 Å². The fourth-order valence-corrected chi connectivity index (χ4v) is 4.36. The highest BCUT2D eigenvalue weighted by molar-refractivity contribution is 7.13. The maximum absolute atomic E-state index is 12.7. The molecule has 1 aliphatic rings. The number of rotatable bonds is 5. The Labute approximate surface area is 171 Å². The van der Waals surface area contributed by atoms with Crippen LogP contribution in [0.15, 0.2) is 29.8 Å². The van der Waals surface area contributed by atoms with Crippen LogP contribution in [0.2, 0.25) is 0 Å². The van der Waals surface area contributed by atoms with Crippen LogP contribution in [-0.4, -0.2) is 34.3 Å². The minimum absolute atomic E-state index is 0.0536. The van der Waals surface area contributed by atoms with Gasteiger partial charge in [-0.05, 0) is 36.3 Å². The van der Waals surface area contributed by atoms with Crippen molar-refractivity contribution < 1.29 is 9.59 Å². The molecule has 0 saturated carbocycles. The largest absolute Gasteiger partial charge is 0.350 e. The number of nitrogens with one attached hydrogen (secondary N) is 1. The Bertz CT molecular complexity index is 836. The summed E-state index contributed by atoms with van der Waals surface area (Å²) in [7, 11) is 0. The molecule has 0 aliphatic carbocycles. The quantitative estimate of drug-likeness (QED) is 0.821. The fourth-order valence-electron chi connectivity index (χ4n) is 3.55. The standard InChI is InChI=1S/C22H29N3O2S/c1-15-20(28-14-24-15)17-9-7-16(8-10-17)13-23-21(27)18-6-5-11-25(18)19(26)12-22(2,3)4/h7-10,14,18H,5-6,11-13H2,1-4H3,(H,23,27)/t18-/m0/s1. The average Bonchev–Trinajstić information content (AvgIpc) is 3.28. The van der Waals surface area contributed by atoms with Gasteiger partial charge in [0.2, 0.25) is 11.8 Å². The third kappa shape index (κ3) is 4.98. The van der Waals surface area contributed by atoms with E-state index in [2.05, 4.69) is 22.4 Å². The number of hydrogen-bond acceptors (Lipinski definition) is 4. The monoisotopic (exact) mass is 399 g/mol. The lowest BCUT2D eigenvalue weighted by Crippen LogP contribution is -2.46. The molecular formula is C22H29N3O2S. The van der Waals surface area contributed by atoms with Crippen LogP contribution in [0.1, 0.15) is 51.3 Å². The topological polar surface area (TPSA) is 62.3 Å². The highest BCUT2D eigenvalue weighted by atomic mass is 32.1. The van der Waals surface area contributed by atoms with Crippen molar-refractivity contribution >= 4 is 23.2 Å². The van der Waals surface area contributed by atoms with E-state index >= 15 is 0 Å². The molecule has 1 aromatic carbocycles. The lowest BCUT2D eigenvalue weighted by molar-refractivity contribution is -0.139. The Hall–Kier alpha value is -2.21. The van der Waals surface area contributed by atoms with E-state index in [1.807, 2.05) is 45.3 Å². The van der Waals surface area contributed by atoms with Crippen LogP contribution >= 0.6 is 11.3 Å². The molecule has 0 spiro atoms. The first-order valence-electron chi connectivity index (χ1n) is 9.81. The average molecular weight is 400 g/mol. The molecule has 150 valence electrons. The number of carbonyl (C=O) groups is 2. The van der Waals surface area contributed by atoms with E-state index in [4.69, 9.17) is 0 Å². The van der Waals surface area contributed by atoms with Crippen LogP contribution in [0.4, 0.5) is 0 Å². The van der Waals surface area contributed by atoms with Crippen molar-refractivity contribution in [1.29, 1.82) is 0 Å². The van der Waals surface area contributed by atoms with Gasteiger partial charge in [0.25, 0.3) is 0 Å². The third-order valence-electron chi connectivity index (χ3n) is 4.99. The van der Waals surface area contributed by atoms with E-state index < -0.39 is 0 Å². The molecule has 2 aromatic rings. The number of carbonyl (C=O) groups excluding carboxylic acids is 2. The summed E-state index contributed by atoms with van der Waals surface area (Å²) in [6, 6.07) is 7.86. The van der Waals surface area contributed by atoms with Gasteiger partial charge in [-0.2, -0.15) is 0 Å². The highest BCUT2D eigenvalue weighted by Crippen LogP contribution is 2.27. The summed E-state index contributed by atoms with van der Waals surface area (Å²) >= 11 is 1.63. The van der Waals surface area contributed by atoms with Crippen molar-refractivity contribution in [2.24, 2.45) is 5.41 Å². The van der Waals surface area contributed by atoms with E-state index in [9.17, 15) is 9.59 Å². The molecule has 6 heteroatoms. The zero-order chi connectivity index (χ0) is 20.3. The van der Waals surface area contributed by atoms with Gasteiger partial charge in [0.05, 0.1) is 16.1 Å².